The number of aliphatic imine (C=N–C) groups is 1. The first-order valence-corrected chi connectivity index (χ1v) is 9.72. The van der Waals surface area contributed by atoms with Crippen molar-refractivity contribution in [2.75, 3.05) is 32.8 Å². The number of nitrogens with zero attached hydrogens (tertiary/aromatic N) is 2. The molecule has 1 aliphatic heterocycles. The summed E-state index contributed by atoms with van der Waals surface area (Å²) in [5, 5.41) is 16.7. The molecule has 1 aromatic rings. The number of amides is 1. The van der Waals surface area contributed by atoms with Gasteiger partial charge in [0, 0.05) is 32.1 Å². The van der Waals surface area contributed by atoms with Crippen LogP contribution in [0.4, 0.5) is 0 Å². The lowest BCUT2D eigenvalue weighted by Crippen LogP contribution is -2.45. The Bertz CT molecular complexity index is 635. The number of aliphatic hydroxyl groups excluding tert-OH is 1. The van der Waals surface area contributed by atoms with Crippen molar-refractivity contribution in [2.45, 2.75) is 45.8 Å². The highest BCUT2D eigenvalue weighted by Gasteiger charge is 2.25. The van der Waals surface area contributed by atoms with Crippen LogP contribution >= 0.6 is 0 Å². The number of benzene rings is 1. The summed E-state index contributed by atoms with van der Waals surface area (Å²) < 4.78 is 5.62. The van der Waals surface area contributed by atoms with E-state index < -0.39 is 6.10 Å². The molecule has 0 aromatic heterocycles. The van der Waals surface area contributed by atoms with E-state index in [1.165, 1.54) is 0 Å². The predicted octanol–water partition coefficient (Wildman–Crippen LogP) is 1.30. The van der Waals surface area contributed by atoms with Crippen molar-refractivity contribution in [3.8, 4) is 5.75 Å². The average molecular weight is 377 g/mol. The van der Waals surface area contributed by atoms with E-state index >= 15 is 0 Å². The Balaban J connectivity index is 1.81. The van der Waals surface area contributed by atoms with Crippen LogP contribution in [0.15, 0.2) is 29.3 Å². The van der Waals surface area contributed by atoms with Crippen molar-refractivity contribution < 1.29 is 14.6 Å². The third-order valence-corrected chi connectivity index (χ3v) is 4.42. The van der Waals surface area contributed by atoms with Gasteiger partial charge in [-0.05, 0) is 38.0 Å². The summed E-state index contributed by atoms with van der Waals surface area (Å²) in [7, 11) is 0. The highest BCUT2D eigenvalue weighted by Crippen LogP contribution is 2.13. The summed E-state index contributed by atoms with van der Waals surface area (Å²) in [5.74, 6) is 1.59. The molecule has 1 saturated heterocycles. The van der Waals surface area contributed by atoms with Crippen LogP contribution in [-0.4, -0.2) is 66.8 Å². The molecule has 150 valence electrons. The van der Waals surface area contributed by atoms with Crippen molar-refractivity contribution >= 4 is 11.9 Å². The second-order valence-corrected chi connectivity index (χ2v) is 6.82. The quantitative estimate of drug-likeness (QED) is 0.470. The third-order valence-electron chi connectivity index (χ3n) is 4.42. The van der Waals surface area contributed by atoms with Gasteiger partial charge in [0.25, 0.3) is 0 Å². The minimum Gasteiger partial charge on any atom is -0.491 e. The smallest absolute Gasteiger partial charge is 0.222 e. The molecule has 0 aliphatic carbocycles. The topological polar surface area (TPSA) is 86.2 Å². The van der Waals surface area contributed by atoms with Gasteiger partial charge in [-0.3, -0.25) is 9.79 Å². The van der Waals surface area contributed by atoms with Gasteiger partial charge in [0.05, 0.1) is 6.54 Å². The second kappa shape index (κ2) is 10.8. The molecule has 0 saturated carbocycles. The van der Waals surface area contributed by atoms with Gasteiger partial charge >= 0.3 is 0 Å². The Hall–Kier alpha value is -2.28. The normalized spacial score (nSPS) is 18.3. The molecule has 7 nitrogen and oxygen atoms in total. The molecule has 1 heterocycles. The Kier molecular flexibility index (Phi) is 8.39. The number of carbonyl (C=O) groups excluding carboxylic acids is 1. The van der Waals surface area contributed by atoms with Crippen molar-refractivity contribution in [2.24, 2.45) is 4.99 Å². The maximum absolute atomic E-state index is 11.8. The predicted molar refractivity (Wildman–Crippen MR) is 107 cm³/mol. The van der Waals surface area contributed by atoms with Gasteiger partial charge in [0.1, 0.15) is 18.5 Å². The lowest BCUT2D eigenvalue weighted by atomic mass is 10.2. The van der Waals surface area contributed by atoms with Crippen LogP contribution < -0.4 is 15.4 Å². The zero-order valence-electron chi connectivity index (χ0n) is 16.6. The van der Waals surface area contributed by atoms with Crippen LogP contribution in [-0.2, 0) is 4.79 Å². The van der Waals surface area contributed by atoms with E-state index in [9.17, 15) is 9.90 Å². The summed E-state index contributed by atoms with van der Waals surface area (Å²) in [4.78, 5) is 18.1. The molecule has 1 aliphatic rings. The van der Waals surface area contributed by atoms with Crippen molar-refractivity contribution in [3.63, 3.8) is 0 Å². The van der Waals surface area contributed by atoms with Gasteiger partial charge in [-0.1, -0.05) is 19.1 Å². The Morgan fingerprint density at radius 1 is 1.44 bits per heavy atom. The monoisotopic (exact) mass is 376 g/mol. The molecule has 2 rings (SSSR count). The fraction of sp³-hybridized carbons (Fsp3) is 0.600. The number of likely N-dealkylation sites (tertiary alicyclic amines) is 1. The van der Waals surface area contributed by atoms with Crippen LogP contribution in [0, 0.1) is 6.92 Å². The number of ether oxygens (including phenoxy) is 1. The first kappa shape index (κ1) is 21.0. The van der Waals surface area contributed by atoms with Crippen LogP contribution in [0.2, 0.25) is 0 Å². The Labute approximate surface area is 161 Å². The summed E-state index contributed by atoms with van der Waals surface area (Å²) >= 11 is 0. The summed E-state index contributed by atoms with van der Waals surface area (Å²) in [6.45, 7) is 8.50. The van der Waals surface area contributed by atoms with Crippen LogP contribution in [0.3, 0.4) is 0 Å². The maximum Gasteiger partial charge on any atom is 0.222 e. The van der Waals surface area contributed by atoms with Crippen LogP contribution in [0.5, 0.6) is 5.75 Å². The maximum atomic E-state index is 11.8. The van der Waals surface area contributed by atoms with Gasteiger partial charge in [0.2, 0.25) is 5.91 Å². The van der Waals surface area contributed by atoms with E-state index in [1.54, 1.807) is 0 Å². The molecule has 0 spiro atoms. The lowest BCUT2D eigenvalue weighted by molar-refractivity contribution is -0.129. The van der Waals surface area contributed by atoms with Crippen LogP contribution in [0.25, 0.3) is 0 Å². The minimum absolute atomic E-state index is 0.180. The molecule has 0 bridgehead atoms. The average Bonchev–Trinajstić information content (AvgIpc) is 3.12. The standard InChI is InChI=1S/C20H32N4O3/c1-4-19(26)24-10-9-16(13-24)23-20(21-5-2)22-12-17(25)14-27-18-8-6-7-15(3)11-18/h6-8,11,16-17,25H,4-5,9-10,12-14H2,1-3H3,(H2,21,22,23). The van der Waals surface area contributed by atoms with Gasteiger partial charge in [-0.15, -0.1) is 0 Å². The number of carbonyl (C=O) groups is 1. The third kappa shape index (κ3) is 7.09. The molecule has 27 heavy (non-hydrogen) atoms. The largest absolute Gasteiger partial charge is 0.491 e. The molecule has 2 unspecified atom stereocenters. The summed E-state index contributed by atoms with van der Waals surface area (Å²) in [6.07, 6.45) is 0.742. The second-order valence-electron chi connectivity index (χ2n) is 6.82. The minimum atomic E-state index is -0.692. The van der Waals surface area contributed by atoms with Crippen molar-refractivity contribution in [3.05, 3.63) is 29.8 Å². The molecule has 2 atom stereocenters. The van der Waals surface area contributed by atoms with Gasteiger partial charge in [-0.25, -0.2) is 0 Å². The Morgan fingerprint density at radius 2 is 2.26 bits per heavy atom. The van der Waals surface area contributed by atoms with E-state index in [0.717, 1.165) is 30.8 Å². The molecular weight excluding hydrogens is 344 g/mol. The molecule has 3 N–H and O–H groups in total. The summed E-state index contributed by atoms with van der Waals surface area (Å²) in [5.41, 5.74) is 1.12. The van der Waals surface area contributed by atoms with Gasteiger partial charge in [-0.2, -0.15) is 0 Å². The summed E-state index contributed by atoms with van der Waals surface area (Å²) in [6, 6.07) is 7.92. The fourth-order valence-corrected chi connectivity index (χ4v) is 2.99. The van der Waals surface area contributed by atoms with Gasteiger partial charge in [0.15, 0.2) is 5.96 Å². The molecule has 0 radical (unpaired) electrons. The number of hydrogen-bond acceptors (Lipinski definition) is 4. The Morgan fingerprint density at radius 3 is 2.96 bits per heavy atom. The molecule has 1 fully saturated rings. The van der Waals surface area contributed by atoms with E-state index in [1.807, 2.05) is 49.9 Å². The lowest BCUT2D eigenvalue weighted by Gasteiger charge is -2.19. The van der Waals surface area contributed by atoms with E-state index in [0.29, 0.717) is 18.9 Å². The van der Waals surface area contributed by atoms with E-state index in [-0.39, 0.29) is 25.1 Å². The fourth-order valence-electron chi connectivity index (χ4n) is 2.99. The highest BCUT2D eigenvalue weighted by molar-refractivity contribution is 5.80. The number of hydrogen-bond donors (Lipinski definition) is 3. The molecular formula is C20H32N4O3. The zero-order valence-corrected chi connectivity index (χ0v) is 16.6. The number of guanidine groups is 1. The number of nitrogens with one attached hydrogen (secondary N) is 2. The molecule has 7 heteroatoms. The van der Waals surface area contributed by atoms with Crippen molar-refractivity contribution in [1.82, 2.24) is 15.5 Å². The molecule has 1 amide bonds. The van der Waals surface area contributed by atoms with E-state index in [4.69, 9.17) is 4.74 Å². The first-order chi connectivity index (χ1) is 13.0. The van der Waals surface area contributed by atoms with E-state index in [2.05, 4.69) is 15.6 Å². The van der Waals surface area contributed by atoms with Crippen LogP contribution in [0.1, 0.15) is 32.3 Å². The van der Waals surface area contributed by atoms with Gasteiger partial charge < -0.3 is 25.4 Å². The SMILES string of the molecule is CCNC(=NCC(O)COc1cccc(C)c1)NC1CCN(C(=O)CC)C1. The number of aryl methyl sites for hydroxylation is 1. The van der Waals surface area contributed by atoms with Crippen molar-refractivity contribution in [1.29, 1.82) is 0 Å². The first-order valence-electron chi connectivity index (χ1n) is 9.72. The number of rotatable bonds is 8. The highest BCUT2D eigenvalue weighted by atomic mass is 16.5. The number of aliphatic hydroxyl groups is 1. The zero-order chi connectivity index (χ0) is 19.6. The molecule has 1 aromatic carbocycles.